The lowest BCUT2D eigenvalue weighted by atomic mass is 9.85. The summed E-state index contributed by atoms with van der Waals surface area (Å²) in [6, 6.07) is 4.99. The Morgan fingerprint density at radius 2 is 1.70 bits per heavy atom. The summed E-state index contributed by atoms with van der Waals surface area (Å²) in [6.07, 6.45) is 5.05. The summed E-state index contributed by atoms with van der Waals surface area (Å²) < 4.78 is 0. The van der Waals surface area contributed by atoms with E-state index in [4.69, 9.17) is 0 Å². The number of amides is 2. The molecule has 0 aromatic heterocycles. The third kappa shape index (κ3) is 1.31. The number of carbonyl (C=O) groups excluding carboxylic acids is 2. The molecule has 102 valence electrons. The number of hydrogen-bond donors (Lipinski definition) is 1. The van der Waals surface area contributed by atoms with Crippen LogP contribution in [0.5, 0.6) is 5.75 Å². The van der Waals surface area contributed by atoms with Gasteiger partial charge in [-0.05, 0) is 42.9 Å². The lowest BCUT2D eigenvalue weighted by molar-refractivity contribution is -0.123. The maximum absolute atomic E-state index is 12.6. The van der Waals surface area contributed by atoms with Gasteiger partial charge in [-0.15, -0.1) is 0 Å². The Kier molecular flexibility index (Phi) is 2.18. The smallest absolute Gasteiger partial charge is 0.238 e. The molecule has 4 heteroatoms. The van der Waals surface area contributed by atoms with Gasteiger partial charge in [0.1, 0.15) is 5.75 Å². The molecule has 1 aromatic rings. The van der Waals surface area contributed by atoms with Crippen LogP contribution in [0.15, 0.2) is 30.4 Å². The number of hydrogen-bond acceptors (Lipinski definition) is 3. The first-order valence-corrected chi connectivity index (χ1v) is 6.93. The highest BCUT2D eigenvalue weighted by Crippen LogP contribution is 2.53. The number of imide groups is 1. The van der Waals surface area contributed by atoms with Crippen molar-refractivity contribution in [2.75, 3.05) is 4.90 Å². The molecule has 4 atom stereocenters. The average Bonchev–Trinajstić information content (AvgIpc) is 3.08. The second-order valence-corrected chi connectivity index (χ2v) is 6.00. The number of aromatic hydroxyl groups is 1. The fraction of sp³-hybridized carbons (Fsp3) is 0.375. The summed E-state index contributed by atoms with van der Waals surface area (Å²) >= 11 is 0. The molecule has 1 aliphatic heterocycles. The largest absolute Gasteiger partial charge is 0.506 e. The fourth-order valence-corrected chi connectivity index (χ4v) is 3.95. The predicted molar refractivity (Wildman–Crippen MR) is 73.1 cm³/mol. The van der Waals surface area contributed by atoms with Gasteiger partial charge in [-0.2, -0.15) is 0 Å². The molecule has 0 unspecified atom stereocenters. The zero-order valence-corrected chi connectivity index (χ0v) is 11.1. The second kappa shape index (κ2) is 3.72. The van der Waals surface area contributed by atoms with Gasteiger partial charge >= 0.3 is 0 Å². The van der Waals surface area contributed by atoms with Gasteiger partial charge in [0.15, 0.2) is 0 Å². The Labute approximate surface area is 116 Å². The number of fused-ring (bicyclic) bond motifs is 5. The summed E-state index contributed by atoms with van der Waals surface area (Å²) in [6.45, 7) is 1.88. The van der Waals surface area contributed by atoms with Gasteiger partial charge in [0.25, 0.3) is 0 Å². The standard InChI is InChI=1S/C16H15NO3/c1-8-2-5-12(18)11(6-8)17-15(19)13-9-3-4-10(7-9)14(13)16(17)20/h2-6,9-10,13-14,18H,7H2,1H3/t9-,10-,13-,14-/m0/s1. The SMILES string of the molecule is Cc1ccc(O)c(N2C(=O)[C@@H]3[C@@H](C2=O)[C@H]2C=C[C@H]3C2)c1. The first-order chi connectivity index (χ1) is 9.58. The Morgan fingerprint density at radius 1 is 1.10 bits per heavy atom. The summed E-state index contributed by atoms with van der Waals surface area (Å²) in [5.41, 5.74) is 1.24. The van der Waals surface area contributed by atoms with Crippen LogP contribution in [0.1, 0.15) is 12.0 Å². The van der Waals surface area contributed by atoms with E-state index in [1.807, 2.05) is 6.92 Å². The molecule has 3 aliphatic rings. The molecule has 2 bridgehead atoms. The Balaban J connectivity index is 1.80. The van der Waals surface area contributed by atoms with Gasteiger partial charge in [-0.1, -0.05) is 18.2 Å². The molecule has 1 saturated heterocycles. The van der Waals surface area contributed by atoms with Crippen molar-refractivity contribution in [3.63, 3.8) is 0 Å². The number of carbonyl (C=O) groups is 2. The van der Waals surface area contributed by atoms with Crippen LogP contribution in [0.2, 0.25) is 0 Å². The van der Waals surface area contributed by atoms with Gasteiger partial charge in [0, 0.05) is 0 Å². The van der Waals surface area contributed by atoms with Crippen molar-refractivity contribution in [3.05, 3.63) is 35.9 Å². The number of anilines is 1. The second-order valence-electron chi connectivity index (χ2n) is 6.00. The number of nitrogens with zero attached hydrogens (tertiary/aromatic N) is 1. The van der Waals surface area contributed by atoms with Crippen LogP contribution >= 0.6 is 0 Å². The quantitative estimate of drug-likeness (QED) is 0.626. The van der Waals surface area contributed by atoms with Crippen LogP contribution in [-0.2, 0) is 9.59 Å². The Morgan fingerprint density at radius 3 is 2.30 bits per heavy atom. The van der Waals surface area contributed by atoms with E-state index >= 15 is 0 Å². The molecule has 1 N–H and O–H groups in total. The third-order valence-electron chi connectivity index (χ3n) is 4.84. The normalized spacial score (nSPS) is 34.1. The number of allylic oxidation sites excluding steroid dienone is 2. The van der Waals surface area contributed by atoms with Gasteiger partial charge in [-0.25, -0.2) is 4.90 Å². The van der Waals surface area contributed by atoms with Crippen LogP contribution in [0.4, 0.5) is 5.69 Å². The first kappa shape index (κ1) is 11.7. The summed E-state index contributed by atoms with van der Waals surface area (Å²) in [4.78, 5) is 26.4. The van der Waals surface area contributed by atoms with E-state index in [0.29, 0.717) is 5.69 Å². The number of aryl methyl sites for hydroxylation is 1. The number of phenolic OH excluding ortho intramolecular Hbond substituents is 1. The van der Waals surface area contributed by atoms with Crippen molar-refractivity contribution >= 4 is 17.5 Å². The highest BCUT2D eigenvalue weighted by Gasteiger charge is 2.59. The van der Waals surface area contributed by atoms with E-state index in [2.05, 4.69) is 12.2 Å². The molecule has 4 rings (SSSR count). The highest BCUT2D eigenvalue weighted by atomic mass is 16.3. The van der Waals surface area contributed by atoms with Crippen molar-refractivity contribution in [1.82, 2.24) is 0 Å². The molecule has 2 amide bonds. The third-order valence-corrected chi connectivity index (χ3v) is 4.84. The molecular formula is C16H15NO3. The Bertz CT molecular complexity index is 634. The van der Waals surface area contributed by atoms with E-state index < -0.39 is 0 Å². The van der Waals surface area contributed by atoms with Crippen molar-refractivity contribution < 1.29 is 14.7 Å². The zero-order chi connectivity index (χ0) is 14.0. The fourth-order valence-electron chi connectivity index (χ4n) is 3.95. The van der Waals surface area contributed by atoms with Gasteiger partial charge in [-0.3, -0.25) is 9.59 Å². The first-order valence-electron chi connectivity index (χ1n) is 6.93. The number of rotatable bonds is 1. The van der Waals surface area contributed by atoms with E-state index in [-0.39, 0.29) is 41.2 Å². The molecular weight excluding hydrogens is 254 g/mol. The minimum atomic E-state index is -0.225. The van der Waals surface area contributed by atoms with Gasteiger partial charge in [0.2, 0.25) is 11.8 Å². The van der Waals surface area contributed by atoms with Crippen LogP contribution in [-0.4, -0.2) is 16.9 Å². The topological polar surface area (TPSA) is 57.6 Å². The summed E-state index contributed by atoms with van der Waals surface area (Å²) in [5.74, 6) is -0.389. The molecule has 4 nitrogen and oxygen atoms in total. The molecule has 0 radical (unpaired) electrons. The van der Waals surface area contributed by atoms with Gasteiger partial charge < -0.3 is 5.11 Å². The van der Waals surface area contributed by atoms with E-state index in [0.717, 1.165) is 12.0 Å². The molecule has 2 fully saturated rings. The number of benzene rings is 1. The molecule has 2 aliphatic carbocycles. The monoisotopic (exact) mass is 269 g/mol. The van der Waals surface area contributed by atoms with Crippen LogP contribution in [0.3, 0.4) is 0 Å². The highest BCUT2D eigenvalue weighted by molar-refractivity contribution is 6.23. The average molecular weight is 269 g/mol. The zero-order valence-electron chi connectivity index (χ0n) is 11.1. The Hall–Kier alpha value is -2.10. The minimum Gasteiger partial charge on any atom is -0.506 e. The summed E-state index contributed by atoms with van der Waals surface area (Å²) in [5, 5.41) is 9.98. The van der Waals surface area contributed by atoms with Crippen LogP contribution in [0.25, 0.3) is 0 Å². The number of phenols is 1. The van der Waals surface area contributed by atoms with Crippen molar-refractivity contribution in [1.29, 1.82) is 0 Å². The van der Waals surface area contributed by atoms with Crippen molar-refractivity contribution in [2.24, 2.45) is 23.7 Å². The molecule has 20 heavy (non-hydrogen) atoms. The van der Waals surface area contributed by atoms with Crippen molar-refractivity contribution in [3.8, 4) is 5.75 Å². The lowest BCUT2D eigenvalue weighted by Crippen LogP contribution is -2.32. The maximum atomic E-state index is 12.6. The van der Waals surface area contributed by atoms with Crippen LogP contribution < -0.4 is 4.90 Å². The van der Waals surface area contributed by atoms with E-state index in [9.17, 15) is 14.7 Å². The van der Waals surface area contributed by atoms with Gasteiger partial charge in [0.05, 0.1) is 17.5 Å². The van der Waals surface area contributed by atoms with E-state index in [1.165, 1.54) is 11.0 Å². The molecule has 1 aromatic carbocycles. The molecule has 0 spiro atoms. The minimum absolute atomic E-state index is 0.0161. The molecule has 1 saturated carbocycles. The predicted octanol–water partition coefficient (Wildman–Crippen LogP) is 2.01. The maximum Gasteiger partial charge on any atom is 0.238 e. The lowest BCUT2D eigenvalue weighted by Gasteiger charge is -2.18. The molecule has 1 heterocycles. The summed E-state index contributed by atoms with van der Waals surface area (Å²) in [7, 11) is 0. The van der Waals surface area contributed by atoms with Crippen molar-refractivity contribution in [2.45, 2.75) is 13.3 Å². The van der Waals surface area contributed by atoms with Crippen LogP contribution in [0, 0.1) is 30.6 Å². The van der Waals surface area contributed by atoms with E-state index in [1.54, 1.807) is 12.1 Å².